The van der Waals surface area contributed by atoms with Crippen molar-refractivity contribution in [3.8, 4) is 0 Å². The van der Waals surface area contributed by atoms with Crippen molar-refractivity contribution in [2.24, 2.45) is 0 Å². The summed E-state index contributed by atoms with van der Waals surface area (Å²) in [6.07, 6.45) is 0. The molecule has 0 aliphatic heterocycles. The Morgan fingerprint density at radius 3 is 2.56 bits per heavy atom. The minimum absolute atomic E-state index is 0.0240. The minimum Gasteiger partial charge on any atom is -0.351 e. The summed E-state index contributed by atoms with van der Waals surface area (Å²) >= 11 is 1.53. The van der Waals surface area contributed by atoms with Crippen molar-refractivity contribution in [3.63, 3.8) is 0 Å². The molecule has 0 radical (unpaired) electrons. The average Bonchev–Trinajstić information content (AvgIpc) is 2.83. The molecule has 0 saturated heterocycles. The van der Waals surface area contributed by atoms with Crippen molar-refractivity contribution in [3.05, 3.63) is 57.8 Å². The fraction of sp³-hybridized carbons (Fsp3) is 0.267. The molecule has 0 fully saturated rings. The number of amides is 1. The van der Waals surface area contributed by atoms with Gasteiger partial charge in [-0.1, -0.05) is 37.3 Å². The molecule has 1 atom stereocenters. The lowest BCUT2D eigenvalue weighted by molar-refractivity contribution is 0.0955. The van der Waals surface area contributed by atoms with Crippen LogP contribution in [0.15, 0.2) is 42.5 Å². The fourth-order valence-electron chi connectivity index (χ4n) is 1.79. The number of nitrogens with one attached hydrogen (secondary N) is 1. The molecule has 94 valence electrons. The standard InChI is InChI=1S/C15H17NOS/c1-11(13-6-4-3-5-7-13)10-16-15(17)14-9-8-12(2)18-14/h3-9,11H,10H2,1-2H3,(H,16,17). The Bertz CT molecular complexity index is 518. The molecule has 0 spiro atoms. The van der Waals surface area contributed by atoms with E-state index in [0.717, 1.165) is 9.75 Å². The highest BCUT2D eigenvalue weighted by atomic mass is 32.1. The van der Waals surface area contributed by atoms with E-state index in [4.69, 9.17) is 0 Å². The Morgan fingerprint density at radius 2 is 1.94 bits per heavy atom. The first-order valence-electron chi connectivity index (χ1n) is 6.06. The van der Waals surface area contributed by atoms with Crippen molar-refractivity contribution in [2.75, 3.05) is 6.54 Å². The number of thiophene rings is 1. The van der Waals surface area contributed by atoms with Gasteiger partial charge in [-0.2, -0.15) is 0 Å². The first-order chi connectivity index (χ1) is 8.66. The molecule has 2 rings (SSSR count). The number of hydrogen-bond donors (Lipinski definition) is 1. The lowest BCUT2D eigenvalue weighted by Crippen LogP contribution is -2.26. The third kappa shape index (κ3) is 3.20. The second-order valence-corrected chi connectivity index (χ2v) is 5.72. The molecule has 1 aromatic carbocycles. The van der Waals surface area contributed by atoms with Crippen LogP contribution in [0.2, 0.25) is 0 Å². The molecule has 0 aliphatic rings. The highest BCUT2D eigenvalue weighted by Gasteiger charge is 2.10. The monoisotopic (exact) mass is 259 g/mol. The van der Waals surface area contributed by atoms with Crippen LogP contribution in [-0.2, 0) is 0 Å². The van der Waals surface area contributed by atoms with E-state index in [-0.39, 0.29) is 5.91 Å². The lowest BCUT2D eigenvalue weighted by atomic mass is 10.0. The smallest absolute Gasteiger partial charge is 0.261 e. The number of carbonyl (C=O) groups excluding carboxylic acids is 1. The minimum atomic E-state index is 0.0240. The third-order valence-electron chi connectivity index (χ3n) is 2.90. The van der Waals surface area contributed by atoms with Gasteiger partial charge in [0.1, 0.15) is 0 Å². The van der Waals surface area contributed by atoms with Gasteiger partial charge in [0.15, 0.2) is 0 Å². The Balaban J connectivity index is 1.90. The molecular formula is C15H17NOS. The van der Waals surface area contributed by atoms with E-state index in [1.807, 2.05) is 37.3 Å². The second-order valence-electron chi connectivity index (χ2n) is 4.43. The molecule has 1 amide bonds. The van der Waals surface area contributed by atoms with E-state index < -0.39 is 0 Å². The third-order valence-corrected chi connectivity index (χ3v) is 3.90. The van der Waals surface area contributed by atoms with Crippen molar-refractivity contribution in [1.82, 2.24) is 5.32 Å². The van der Waals surface area contributed by atoms with Crippen LogP contribution < -0.4 is 5.32 Å². The highest BCUT2D eigenvalue weighted by Crippen LogP contribution is 2.16. The van der Waals surface area contributed by atoms with Gasteiger partial charge < -0.3 is 5.32 Å². The molecule has 1 N–H and O–H groups in total. The average molecular weight is 259 g/mol. The van der Waals surface area contributed by atoms with E-state index in [2.05, 4.69) is 24.4 Å². The number of benzene rings is 1. The summed E-state index contributed by atoms with van der Waals surface area (Å²) in [7, 11) is 0. The molecule has 0 aliphatic carbocycles. The summed E-state index contributed by atoms with van der Waals surface area (Å²) in [6.45, 7) is 4.79. The predicted octanol–water partition coefficient (Wildman–Crippen LogP) is 3.59. The van der Waals surface area contributed by atoms with Crippen LogP contribution in [0, 0.1) is 6.92 Å². The quantitative estimate of drug-likeness (QED) is 0.893. The van der Waals surface area contributed by atoms with Crippen molar-refractivity contribution < 1.29 is 4.79 Å². The molecule has 1 unspecified atom stereocenters. The van der Waals surface area contributed by atoms with Crippen LogP contribution >= 0.6 is 11.3 Å². The molecular weight excluding hydrogens is 242 g/mol. The fourth-order valence-corrected chi connectivity index (χ4v) is 2.57. The maximum absolute atomic E-state index is 11.9. The summed E-state index contributed by atoms with van der Waals surface area (Å²) in [4.78, 5) is 13.8. The molecule has 18 heavy (non-hydrogen) atoms. The largest absolute Gasteiger partial charge is 0.351 e. The number of aryl methyl sites for hydroxylation is 1. The Labute approximate surface area is 112 Å². The molecule has 1 heterocycles. The normalized spacial score (nSPS) is 12.1. The Kier molecular flexibility index (Phi) is 4.15. The van der Waals surface area contributed by atoms with Crippen LogP contribution in [0.4, 0.5) is 0 Å². The zero-order chi connectivity index (χ0) is 13.0. The van der Waals surface area contributed by atoms with Gasteiger partial charge in [0.05, 0.1) is 4.88 Å². The summed E-state index contributed by atoms with van der Waals surface area (Å²) in [5, 5.41) is 2.98. The summed E-state index contributed by atoms with van der Waals surface area (Å²) in [5.74, 6) is 0.354. The molecule has 2 nitrogen and oxygen atoms in total. The number of hydrogen-bond acceptors (Lipinski definition) is 2. The maximum Gasteiger partial charge on any atom is 0.261 e. The van der Waals surface area contributed by atoms with E-state index in [9.17, 15) is 4.79 Å². The van der Waals surface area contributed by atoms with Crippen LogP contribution in [0.25, 0.3) is 0 Å². The summed E-state index contributed by atoms with van der Waals surface area (Å²) < 4.78 is 0. The van der Waals surface area contributed by atoms with Gasteiger partial charge in [-0.05, 0) is 30.5 Å². The summed E-state index contributed by atoms with van der Waals surface area (Å²) in [6, 6.07) is 14.1. The zero-order valence-corrected chi connectivity index (χ0v) is 11.5. The first kappa shape index (κ1) is 12.8. The number of carbonyl (C=O) groups is 1. The molecule has 1 aromatic heterocycles. The van der Waals surface area contributed by atoms with Gasteiger partial charge in [-0.25, -0.2) is 0 Å². The molecule has 0 bridgehead atoms. The van der Waals surface area contributed by atoms with Crippen LogP contribution in [0.3, 0.4) is 0 Å². The molecule has 0 saturated carbocycles. The van der Waals surface area contributed by atoms with E-state index in [0.29, 0.717) is 12.5 Å². The highest BCUT2D eigenvalue weighted by molar-refractivity contribution is 7.13. The van der Waals surface area contributed by atoms with E-state index >= 15 is 0 Å². The molecule has 2 aromatic rings. The van der Waals surface area contributed by atoms with Crippen molar-refractivity contribution in [2.45, 2.75) is 19.8 Å². The van der Waals surface area contributed by atoms with E-state index in [1.165, 1.54) is 16.9 Å². The van der Waals surface area contributed by atoms with Crippen molar-refractivity contribution in [1.29, 1.82) is 0 Å². The first-order valence-corrected chi connectivity index (χ1v) is 6.88. The summed E-state index contributed by atoms with van der Waals surface area (Å²) in [5.41, 5.74) is 1.25. The van der Waals surface area contributed by atoms with Crippen LogP contribution in [-0.4, -0.2) is 12.5 Å². The SMILES string of the molecule is Cc1ccc(C(=O)NCC(C)c2ccccc2)s1. The van der Waals surface area contributed by atoms with Crippen molar-refractivity contribution >= 4 is 17.2 Å². The Morgan fingerprint density at radius 1 is 1.22 bits per heavy atom. The zero-order valence-electron chi connectivity index (χ0n) is 10.6. The lowest BCUT2D eigenvalue weighted by Gasteiger charge is -2.12. The second kappa shape index (κ2) is 5.83. The van der Waals surface area contributed by atoms with Gasteiger partial charge >= 0.3 is 0 Å². The van der Waals surface area contributed by atoms with Gasteiger partial charge in [0.25, 0.3) is 5.91 Å². The van der Waals surface area contributed by atoms with Crippen LogP contribution in [0.1, 0.15) is 33.0 Å². The Hall–Kier alpha value is -1.61. The van der Waals surface area contributed by atoms with Gasteiger partial charge in [-0.15, -0.1) is 11.3 Å². The number of rotatable bonds is 4. The van der Waals surface area contributed by atoms with Crippen LogP contribution in [0.5, 0.6) is 0 Å². The van der Waals surface area contributed by atoms with Gasteiger partial charge in [0, 0.05) is 11.4 Å². The van der Waals surface area contributed by atoms with Gasteiger partial charge in [-0.3, -0.25) is 4.79 Å². The van der Waals surface area contributed by atoms with E-state index in [1.54, 1.807) is 0 Å². The molecule has 3 heteroatoms. The topological polar surface area (TPSA) is 29.1 Å². The predicted molar refractivity (Wildman–Crippen MR) is 76.2 cm³/mol. The maximum atomic E-state index is 11.9. The van der Waals surface area contributed by atoms with Gasteiger partial charge in [0.2, 0.25) is 0 Å².